The van der Waals surface area contributed by atoms with Gasteiger partial charge in [-0.15, -0.1) is 0 Å². The summed E-state index contributed by atoms with van der Waals surface area (Å²) in [6.45, 7) is 0. The average Bonchev–Trinajstić information content (AvgIpc) is 2.02. The molecule has 0 aromatic heterocycles. The smallest absolute Gasteiger partial charge is 0.210 e. The summed E-state index contributed by atoms with van der Waals surface area (Å²) in [6, 6.07) is 8.05. The van der Waals surface area contributed by atoms with Gasteiger partial charge < -0.3 is 4.74 Å². The van der Waals surface area contributed by atoms with Crippen LogP contribution in [0.3, 0.4) is 0 Å². The second kappa shape index (κ2) is 2.88. The molecule has 0 fully saturated rings. The van der Waals surface area contributed by atoms with E-state index < -0.39 is 3.73 Å². The Morgan fingerprint density at radius 2 is 2.17 bits per heavy atom. The lowest BCUT2D eigenvalue weighted by atomic mass is 10.1. The van der Waals surface area contributed by atoms with Crippen molar-refractivity contribution in [3.05, 3.63) is 29.8 Å². The number of alkyl halides is 1. The van der Waals surface area contributed by atoms with Crippen LogP contribution < -0.4 is 10.5 Å². The minimum atomic E-state index is -0.508. The second-order valence-corrected chi connectivity index (χ2v) is 4.82. The summed E-state index contributed by atoms with van der Waals surface area (Å²) >= 11 is 2.14. The van der Waals surface area contributed by atoms with Gasteiger partial charge >= 0.3 is 0 Å². The zero-order valence-electron chi connectivity index (χ0n) is 6.59. The molecule has 0 amide bonds. The molecule has 0 spiro atoms. The molecule has 0 bridgehead atoms. The second-order valence-electron chi connectivity index (χ2n) is 3.00. The monoisotopic (exact) mass is 275 g/mol. The predicted molar refractivity (Wildman–Crippen MR) is 56.3 cm³/mol. The summed E-state index contributed by atoms with van der Waals surface area (Å²) in [5.41, 5.74) is 7.12. The fourth-order valence-corrected chi connectivity index (χ4v) is 1.86. The van der Waals surface area contributed by atoms with Crippen LogP contribution in [-0.4, -0.2) is 3.73 Å². The number of benzene rings is 1. The minimum Gasteiger partial charge on any atom is -0.464 e. The Morgan fingerprint density at radius 3 is 3.00 bits per heavy atom. The highest BCUT2D eigenvalue weighted by Crippen LogP contribution is 2.33. The number of rotatable bonds is 0. The number of aryl methyl sites for hydroxylation is 1. The molecule has 1 aliphatic heterocycles. The van der Waals surface area contributed by atoms with Gasteiger partial charge in [-0.1, -0.05) is 18.2 Å². The van der Waals surface area contributed by atoms with Crippen LogP contribution in [0.1, 0.15) is 12.0 Å². The van der Waals surface area contributed by atoms with Crippen LogP contribution in [0.2, 0.25) is 0 Å². The van der Waals surface area contributed by atoms with Gasteiger partial charge in [-0.2, -0.15) is 0 Å². The van der Waals surface area contributed by atoms with Crippen molar-refractivity contribution in [1.29, 1.82) is 0 Å². The lowest BCUT2D eigenvalue weighted by Gasteiger charge is -2.30. The fraction of sp³-hybridized carbons (Fsp3) is 0.333. The van der Waals surface area contributed by atoms with Gasteiger partial charge in [0.1, 0.15) is 5.75 Å². The Balaban J connectivity index is 2.35. The summed E-state index contributed by atoms with van der Waals surface area (Å²) in [5, 5.41) is 0. The zero-order valence-corrected chi connectivity index (χ0v) is 8.74. The quantitative estimate of drug-likeness (QED) is 0.447. The van der Waals surface area contributed by atoms with Gasteiger partial charge in [0, 0.05) is 6.42 Å². The first-order valence-corrected chi connectivity index (χ1v) is 5.00. The molecule has 1 atom stereocenters. The number of nitrogens with two attached hydrogens (primary N) is 1. The fourth-order valence-electron chi connectivity index (χ4n) is 1.35. The molecule has 1 aromatic rings. The number of para-hydroxylation sites is 1. The average molecular weight is 275 g/mol. The molecule has 0 saturated carbocycles. The molecule has 0 aliphatic carbocycles. The first-order valence-electron chi connectivity index (χ1n) is 3.92. The van der Waals surface area contributed by atoms with Gasteiger partial charge in [-0.05, 0) is 40.6 Å². The highest BCUT2D eigenvalue weighted by molar-refractivity contribution is 14.1. The van der Waals surface area contributed by atoms with Crippen LogP contribution in [0.25, 0.3) is 0 Å². The number of fused-ring (bicyclic) bond motifs is 1. The topological polar surface area (TPSA) is 35.2 Å². The van der Waals surface area contributed by atoms with Gasteiger partial charge in [-0.25, -0.2) is 0 Å². The molecule has 12 heavy (non-hydrogen) atoms. The molecule has 1 aromatic carbocycles. The Kier molecular flexibility index (Phi) is 2.00. The van der Waals surface area contributed by atoms with Crippen molar-refractivity contribution >= 4 is 22.6 Å². The molecule has 0 saturated heterocycles. The molecule has 64 valence electrons. The van der Waals surface area contributed by atoms with Crippen molar-refractivity contribution in [3.8, 4) is 5.75 Å². The van der Waals surface area contributed by atoms with Crippen molar-refractivity contribution in [2.75, 3.05) is 0 Å². The minimum absolute atomic E-state index is 0.508. The summed E-state index contributed by atoms with van der Waals surface area (Å²) < 4.78 is 5.08. The lowest BCUT2D eigenvalue weighted by Crippen LogP contribution is -2.41. The van der Waals surface area contributed by atoms with Crippen molar-refractivity contribution in [2.45, 2.75) is 16.6 Å². The third-order valence-electron chi connectivity index (χ3n) is 1.99. The normalized spacial score (nSPS) is 27.5. The molecule has 2 nitrogen and oxygen atoms in total. The predicted octanol–water partition coefficient (Wildman–Crippen LogP) is 2.06. The number of halogens is 1. The molecule has 2 N–H and O–H groups in total. The van der Waals surface area contributed by atoms with Crippen LogP contribution in [0.15, 0.2) is 24.3 Å². The van der Waals surface area contributed by atoms with Gasteiger partial charge in [-0.3, -0.25) is 5.73 Å². The van der Waals surface area contributed by atoms with E-state index in [0.717, 1.165) is 18.6 Å². The van der Waals surface area contributed by atoms with Gasteiger partial charge in [0.05, 0.1) is 0 Å². The van der Waals surface area contributed by atoms with E-state index in [4.69, 9.17) is 10.5 Å². The molecule has 0 radical (unpaired) electrons. The third-order valence-corrected chi connectivity index (χ3v) is 2.75. The molecule has 1 aliphatic rings. The molecule has 2 rings (SSSR count). The Labute approximate surface area is 85.2 Å². The summed E-state index contributed by atoms with van der Waals surface area (Å²) in [6.07, 6.45) is 1.89. The third kappa shape index (κ3) is 1.56. The molecule has 1 unspecified atom stereocenters. The number of hydrogen-bond acceptors (Lipinski definition) is 2. The van der Waals surface area contributed by atoms with E-state index in [2.05, 4.69) is 28.7 Å². The highest BCUT2D eigenvalue weighted by atomic mass is 127. The largest absolute Gasteiger partial charge is 0.464 e. The maximum Gasteiger partial charge on any atom is 0.210 e. The first-order chi connectivity index (χ1) is 5.67. The standard InChI is InChI=1S/C9H10INO/c10-9(11)6-5-7-3-1-2-4-8(7)12-9/h1-4H,5-6,11H2. The Hall–Kier alpha value is -0.290. The zero-order chi connectivity index (χ0) is 8.60. The van der Waals surface area contributed by atoms with E-state index in [1.54, 1.807) is 0 Å². The first kappa shape index (κ1) is 8.31. The van der Waals surface area contributed by atoms with E-state index >= 15 is 0 Å². The van der Waals surface area contributed by atoms with Crippen molar-refractivity contribution in [3.63, 3.8) is 0 Å². The van der Waals surface area contributed by atoms with Crippen LogP contribution in [0, 0.1) is 0 Å². The summed E-state index contributed by atoms with van der Waals surface area (Å²) in [5.74, 6) is 0.931. The number of hydrogen-bond donors (Lipinski definition) is 1. The maximum atomic E-state index is 5.86. The van der Waals surface area contributed by atoms with E-state index in [1.165, 1.54) is 5.56 Å². The molecular formula is C9H10INO. The van der Waals surface area contributed by atoms with Crippen LogP contribution >= 0.6 is 22.6 Å². The summed E-state index contributed by atoms with van der Waals surface area (Å²) in [4.78, 5) is 0. The van der Waals surface area contributed by atoms with E-state index in [1.807, 2.05) is 18.2 Å². The molecule has 1 heterocycles. The van der Waals surface area contributed by atoms with Gasteiger partial charge in [0.2, 0.25) is 3.73 Å². The maximum absolute atomic E-state index is 5.86. The Morgan fingerprint density at radius 1 is 1.42 bits per heavy atom. The van der Waals surface area contributed by atoms with Crippen LogP contribution in [-0.2, 0) is 6.42 Å². The molecule has 3 heteroatoms. The SMILES string of the molecule is NC1(I)CCc2ccccc2O1. The summed E-state index contributed by atoms with van der Waals surface area (Å²) in [7, 11) is 0. The van der Waals surface area contributed by atoms with E-state index in [0.29, 0.717) is 0 Å². The Bertz CT molecular complexity index is 298. The van der Waals surface area contributed by atoms with Crippen LogP contribution in [0.5, 0.6) is 5.75 Å². The van der Waals surface area contributed by atoms with Crippen molar-refractivity contribution in [1.82, 2.24) is 0 Å². The van der Waals surface area contributed by atoms with Crippen molar-refractivity contribution < 1.29 is 4.74 Å². The highest BCUT2D eigenvalue weighted by Gasteiger charge is 2.28. The van der Waals surface area contributed by atoms with E-state index in [9.17, 15) is 0 Å². The van der Waals surface area contributed by atoms with Crippen molar-refractivity contribution in [2.24, 2.45) is 5.73 Å². The van der Waals surface area contributed by atoms with Gasteiger partial charge in [0.15, 0.2) is 0 Å². The van der Waals surface area contributed by atoms with E-state index in [-0.39, 0.29) is 0 Å². The molecular weight excluding hydrogens is 265 g/mol. The van der Waals surface area contributed by atoms with Gasteiger partial charge in [0.25, 0.3) is 0 Å². The van der Waals surface area contributed by atoms with Crippen LogP contribution in [0.4, 0.5) is 0 Å². The number of ether oxygens (including phenoxy) is 1. The lowest BCUT2D eigenvalue weighted by molar-refractivity contribution is 0.163.